The molecule has 0 spiro atoms. The fraction of sp³-hybridized carbons (Fsp3) is 0.308. The number of nitrogens with two attached hydrogens (primary N) is 1. The fourth-order valence-corrected chi connectivity index (χ4v) is 1.74. The van der Waals surface area contributed by atoms with Gasteiger partial charge in [-0.3, -0.25) is 4.68 Å². The van der Waals surface area contributed by atoms with E-state index >= 15 is 0 Å². The van der Waals surface area contributed by atoms with Crippen LogP contribution in [0.1, 0.15) is 12.5 Å². The minimum absolute atomic E-state index is 0.630. The van der Waals surface area contributed by atoms with E-state index in [2.05, 4.69) is 10.4 Å². The van der Waals surface area contributed by atoms with E-state index in [1.807, 2.05) is 44.6 Å². The first-order chi connectivity index (χ1) is 8.67. The number of hydrogen-bond donors (Lipinski definition) is 2. The molecule has 0 unspecified atom stereocenters. The predicted molar refractivity (Wildman–Crippen MR) is 72.6 cm³/mol. The normalized spacial score (nSPS) is 10.3. The average molecular weight is 246 g/mol. The van der Waals surface area contributed by atoms with Crippen LogP contribution in [0.5, 0.6) is 5.75 Å². The Kier molecular flexibility index (Phi) is 3.72. The van der Waals surface area contributed by atoms with Gasteiger partial charge in [-0.15, -0.1) is 0 Å². The topological polar surface area (TPSA) is 65.1 Å². The number of anilines is 2. The quantitative estimate of drug-likeness (QED) is 0.792. The van der Waals surface area contributed by atoms with Crippen molar-refractivity contribution >= 4 is 11.4 Å². The van der Waals surface area contributed by atoms with Crippen LogP contribution in [0.25, 0.3) is 0 Å². The van der Waals surface area contributed by atoms with Crippen LogP contribution in [-0.4, -0.2) is 16.4 Å². The summed E-state index contributed by atoms with van der Waals surface area (Å²) in [6.45, 7) is 3.29. The summed E-state index contributed by atoms with van der Waals surface area (Å²) in [5.74, 6) is 0.784. The lowest BCUT2D eigenvalue weighted by molar-refractivity contribution is 0.340. The van der Waals surface area contributed by atoms with Gasteiger partial charge in [0.2, 0.25) is 0 Å². The molecule has 0 fully saturated rings. The zero-order valence-corrected chi connectivity index (χ0v) is 10.7. The first-order valence-electron chi connectivity index (χ1n) is 5.92. The molecule has 2 aromatic rings. The molecule has 5 heteroatoms. The molecule has 0 aliphatic heterocycles. The van der Waals surface area contributed by atoms with Crippen molar-refractivity contribution in [1.29, 1.82) is 0 Å². The highest BCUT2D eigenvalue weighted by atomic mass is 16.5. The third-order valence-electron chi connectivity index (χ3n) is 2.49. The van der Waals surface area contributed by atoms with Crippen LogP contribution in [0.2, 0.25) is 0 Å². The van der Waals surface area contributed by atoms with Gasteiger partial charge >= 0.3 is 0 Å². The van der Waals surface area contributed by atoms with Crippen LogP contribution in [0, 0.1) is 0 Å². The number of ether oxygens (including phenoxy) is 1. The molecule has 3 N–H and O–H groups in total. The van der Waals surface area contributed by atoms with Crippen molar-refractivity contribution in [2.75, 3.05) is 17.7 Å². The van der Waals surface area contributed by atoms with E-state index in [9.17, 15) is 0 Å². The summed E-state index contributed by atoms with van der Waals surface area (Å²) in [7, 11) is 1.90. The van der Waals surface area contributed by atoms with Crippen molar-refractivity contribution in [1.82, 2.24) is 9.78 Å². The molecule has 1 aromatic carbocycles. The van der Waals surface area contributed by atoms with Gasteiger partial charge in [0.15, 0.2) is 0 Å². The Hall–Kier alpha value is -2.17. The summed E-state index contributed by atoms with van der Waals surface area (Å²) < 4.78 is 7.23. The Morgan fingerprint density at radius 1 is 1.39 bits per heavy atom. The molecule has 0 amide bonds. The second kappa shape index (κ2) is 5.44. The highest BCUT2D eigenvalue weighted by Gasteiger charge is 2.01. The number of rotatable bonds is 5. The van der Waals surface area contributed by atoms with Crippen molar-refractivity contribution in [3.8, 4) is 5.75 Å². The zero-order chi connectivity index (χ0) is 13.0. The first-order valence-corrected chi connectivity index (χ1v) is 5.92. The Morgan fingerprint density at radius 2 is 2.22 bits per heavy atom. The number of nitrogens with one attached hydrogen (secondary N) is 1. The molecule has 96 valence electrons. The lowest BCUT2D eigenvalue weighted by atomic mass is 10.2. The highest BCUT2D eigenvalue weighted by molar-refractivity contribution is 5.59. The molecule has 5 nitrogen and oxygen atoms in total. The van der Waals surface area contributed by atoms with Crippen LogP contribution in [-0.2, 0) is 13.6 Å². The molecular weight excluding hydrogens is 228 g/mol. The number of nitrogen functional groups attached to an aromatic ring is 1. The molecule has 0 aliphatic rings. The molecule has 18 heavy (non-hydrogen) atoms. The van der Waals surface area contributed by atoms with Crippen molar-refractivity contribution in [2.45, 2.75) is 13.5 Å². The maximum absolute atomic E-state index is 5.83. The Bertz CT molecular complexity index is 521. The van der Waals surface area contributed by atoms with Gasteiger partial charge in [-0.25, -0.2) is 0 Å². The summed E-state index contributed by atoms with van der Waals surface area (Å²) in [6, 6.07) is 5.65. The molecule has 0 radical (unpaired) electrons. The largest absolute Gasteiger partial charge is 0.494 e. The van der Waals surface area contributed by atoms with Gasteiger partial charge in [-0.1, -0.05) is 0 Å². The molecule has 0 atom stereocenters. The molecule has 0 aliphatic carbocycles. The summed E-state index contributed by atoms with van der Waals surface area (Å²) in [6.07, 6.45) is 3.81. The SMILES string of the molecule is CCOc1cc(N)cc(NCc2cnn(C)c2)c1. The number of aryl methyl sites for hydroxylation is 1. The lowest BCUT2D eigenvalue weighted by Gasteiger charge is -2.09. The smallest absolute Gasteiger partial charge is 0.123 e. The Labute approximate surface area is 107 Å². The van der Waals surface area contributed by atoms with Crippen LogP contribution in [0.3, 0.4) is 0 Å². The molecule has 1 aromatic heterocycles. The minimum Gasteiger partial charge on any atom is -0.494 e. The molecule has 1 heterocycles. The van der Waals surface area contributed by atoms with E-state index in [1.54, 1.807) is 4.68 Å². The minimum atomic E-state index is 0.630. The van der Waals surface area contributed by atoms with Gasteiger partial charge in [0.25, 0.3) is 0 Å². The number of nitrogens with zero attached hydrogens (tertiary/aromatic N) is 2. The van der Waals surface area contributed by atoms with Gasteiger partial charge in [-0.2, -0.15) is 5.10 Å². The molecule has 2 rings (SSSR count). The van der Waals surface area contributed by atoms with Gasteiger partial charge in [-0.05, 0) is 13.0 Å². The van der Waals surface area contributed by atoms with Crippen LogP contribution in [0.15, 0.2) is 30.6 Å². The van der Waals surface area contributed by atoms with E-state index in [0.717, 1.165) is 17.0 Å². The lowest BCUT2D eigenvalue weighted by Crippen LogP contribution is -2.01. The van der Waals surface area contributed by atoms with E-state index in [1.165, 1.54) is 0 Å². The highest BCUT2D eigenvalue weighted by Crippen LogP contribution is 2.23. The van der Waals surface area contributed by atoms with Crippen LogP contribution < -0.4 is 15.8 Å². The third kappa shape index (κ3) is 3.16. The van der Waals surface area contributed by atoms with E-state index in [0.29, 0.717) is 18.8 Å². The van der Waals surface area contributed by atoms with Gasteiger partial charge < -0.3 is 15.8 Å². The van der Waals surface area contributed by atoms with Crippen molar-refractivity contribution in [3.63, 3.8) is 0 Å². The Morgan fingerprint density at radius 3 is 2.89 bits per heavy atom. The second-order valence-corrected chi connectivity index (χ2v) is 4.10. The standard InChI is InChI=1S/C13H18N4O/c1-3-18-13-5-11(14)4-12(6-13)15-7-10-8-16-17(2)9-10/h4-6,8-9,15H,3,7,14H2,1-2H3. The maximum Gasteiger partial charge on any atom is 0.123 e. The molecule has 0 bridgehead atoms. The van der Waals surface area contributed by atoms with Crippen LogP contribution in [0.4, 0.5) is 11.4 Å². The molecular formula is C13H18N4O. The third-order valence-corrected chi connectivity index (χ3v) is 2.49. The fourth-order valence-electron chi connectivity index (χ4n) is 1.74. The predicted octanol–water partition coefficient (Wildman–Crippen LogP) is 2.01. The summed E-state index contributed by atoms with van der Waals surface area (Å²) in [5, 5.41) is 7.42. The van der Waals surface area contributed by atoms with Crippen LogP contribution >= 0.6 is 0 Å². The Balaban J connectivity index is 2.04. The van der Waals surface area contributed by atoms with Crippen molar-refractivity contribution in [3.05, 3.63) is 36.2 Å². The second-order valence-electron chi connectivity index (χ2n) is 4.10. The monoisotopic (exact) mass is 246 g/mol. The van der Waals surface area contributed by atoms with E-state index in [-0.39, 0.29) is 0 Å². The molecule has 0 saturated carbocycles. The molecule has 0 saturated heterocycles. The number of hydrogen-bond acceptors (Lipinski definition) is 4. The average Bonchev–Trinajstić information content (AvgIpc) is 2.72. The van der Waals surface area contributed by atoms with E-state index < -0.39 is 0 Å². The van der Waals surface area contributed by atoms with E-state index in [4.69, 9.17) is 10.5 Å². The maximum atomic E-state index is 5.83. The summed E-state index contributed by atoms with van der Waals surface area (Å²) in [4.78, 5) is 0. The van der Waals surface area contributed by atoms with Crippen molar-refractivity contribution < 1.29 is 4.74 Å². The number of aromatic nitrogens is 2. The first kappa shape index (κ1) is 12.3. The zero-order valence-electron chi connectivity index (χ0n) is 10.7. The van der Waals surface area contributed by atoms with Gasteiger partial charge in [0.1, 0.15) is 5.75 Å². The van der Waals surface area contributed by atoms with Crippen molar-refractivity contribution in [2.24, 2.45) is 7.05 Å². The summed E-state index contributed by atoms with van der Waals surface area (Å²) in [5.41, 5.74) is 8.59. The summed E-state index contributed by atoms with van der Waals surface area (Å²) >= 11 is 0. The van der Waals surface area contributed by atoms with Gasteiger partial charge in [0.05, 0.1) is 12.8 Å². The van der Waals surface area contributed by atoms with Gasteiger partial charge in [0, 0.05) is 48.9 Å². The number of benzene rings is 1.